The Morgan fingerprint density at radius 3 is 2.88 bits per heavy atom. The Kier molecular flexibility index (Phi) is 2.49. The number of hydrogen-bond donors (Lipinski definition) is 0. The summed E-state index contributed by atoms with van der Waals surface area (Å²) >= 11 is 0. The van der Waals surface area contributed by atoms with Crippen LogP contribution in [0.15, 0.2) is 36.4 Å². The summed E-state index contributed by atoms with van der Waals surface area (Å²) in [5.74, 6) is 0.846. The van der Waals surface area contributed by atoms with Crippen molar-refractivity contribution >= 4 is 16.6 Å². The Labute approximate surface area is 98.8 Å². The molecule has 0 spiro atoms. The maximum atomic E-state index is 5.41. The van der Waals surface area contributed by atoms with Gasteiger partial charge in [0, 0.05) is 6.61 Å². The van der Waals surface area contributed by atoms with Crippen LogP contribution in [0.5, 0.6) is 0 Å². The first kappa shape index (κ1) is 10.2. The molecule has 0 unspecified atom stereocenters. The third kappa shape index (κ3) is 1.66. The summed E-state index contributed by atoms with van der Waals surface area (Å²) in [6.45, 7) is 3.15. The van der Waals surface area contributed by atoms with Gasteiger partial charge < -0.3 is 4.74 Å². The van der Waals surface area contributed by atoms with Crippen LogP contribution in [-0.4, -0.2) is 21.2 Å². The summed E-state index contributed by atoms with van der Waals surface area (Å²) in [5.41, 5.74) is 1.98. The second-order valence-corrected chi connectivity index (χ2v) is 3.84. The molecule has 17 heavy (non-hydrogen) atoms. The minimum Gasteiger partial charge on any atom is -0.374 e. The molecular weight excluding hydrogens is 214 g/mol. The second-order valence-electron chi connectivity index (χ2n) is 3.84. The van der Waals surface area contributed by atoms with E-state index in [9.17, 15) is 0 Å². The lowest BCUT2D eigenvalue weighted by Crippen LogP contribution is -1.99. The number of aromatic nitrogens is 3. The molecule has 0 amide bonds. The lowest BCUT2D eigenvalue weighted by molar-refractivity contribution is 0.128. The molecule has 86 valence electrons. The second kappa shape index (κ2) is 4.14. The number of benzene rings is 1. The number of hydrogen-bond acceptors (Lipinski definition) is 3. The molecule has 0 aliphatic carbocycles. The molecule has 0 radical (unpaired) electrons. The quantitative estimate of drug-likeness (QED) is 0.689. The van der Waals surface area contributed by atoms with Crippen molar-refractivity contribution in [3.8, 4) is 0 Å². The molecule has 3 rings (SSSR count). The van der Waals surface area contributed by atoms with Gasteiger partial charge in [0.1, 0.15) is 6.61 Å². The van der Waals surface area contributed by atoms with E-state index in [0.29, 0.717) is 13.2 Å². The highest BCUT2D eigenvalue weighted by atomic mass is 16.5. The average molecular weight is 227 g/mol. The zero-order valence-electron chi connectivity index (χ0n) is 9.63. The zero-order chi connectivity index (χ0) is 11.7. The van der Waals surface area contributed by atoms with Crippen LogP contribution < -0.4 is 0 Å². The van der Waals surface area contributed by atoms with E-state index in [0.717, 1.165) is 17.0 Å². The number of pyridine rings is 1. The van der Waals surface area contributed by atoms with Gasteiger partial charge in [-0.2, -0.15) is 0 Å². The first-order valence-electron chi connectivity index (χ1n) is 5.69. The first-order valence-corrected chi connectivity index (χ1v) is 5.69. The van der Waals surface area contributed by atoms with Gasteiger partial charge in [-0.3, -0.25) is 4.40 Å². The number of rotatable bonds is 3. The molecule has 0 bridgehead atoms. The molecule has 0 aliphatic rings. The largest absolute Gasteiger partial charge is 0.374 e. The van der Waals surface area contributed by atoms with Crippen LogP contribution >= 0.6 is 0 Å². The van der Waals surface area contributed by atoms with Crippen molar-refractivity contribution < 1.29 is 4.74 Å². The monoisotopic (exact) mass is 227 g/mol. The normalized spacial score (nSPS) is 11.4. The SMILES string of the molecule is CCOCc1nnc2ccc3ccccc3n12. The van der Waals surface area contributed by atoms with Gasteiger partial charge in [0.05, 0.1) is 5.52 Å². The number of para-hydroxylation sites is 1. The van der Waals surface area contributed by atoms with Crippen LogP contribution in [0, 0.1) is 0 Å². The van der Waals surface area contributed by atoms with E-state index in [1.54, 1.807) is 0 Å². The van der Waals surface area contributed by atoms with Gasteiger partial charge in [-0.25, -0.2) is 0 Å². The third-order valence-corrected chi connectivity index (χ3v) is 2.78. The molecular formula is C13H13N3O. The highest BCUT2D eigenvalue weighted by molar-refractivity contribution is 5.81. The lowest BCUT2D eigenvalue weighted by Gasteiger charge is -2.04. The van der Waals surface area contributed by atoms with Crippen LogP contribution in [-0.2, 0) is 11.3 Å². The molecule has 4 nitrogen and oxygen atoms in total. The molecule has 4 heteroatoms. The summed E-state index contributed by atoms with van der Waals surface area (Å²) in [6, 6.07) is 12.2. The molecule has 2 aromatic heterocycles. The van der Waals surface area contributed by atoms with E-state index in [-0.39, 0.29) is 0 Å². The molecule has 1 aromatic carbocycles. The van der Waals surface area contributed by atoms with Crippen LogP contribution in [0.4, 0.5) is 0 Å². The van der Waals surface area contributed by atoms with Gasteiger partial charge in [0.2, 0.25) is 0 Å². The number of ether oxygens (including phenoxy) is 1. The molecule has 0 saturated heterocycles. The van der Waals surface area contributed by atoms with Gasteiger partial charge in [0.25, 0.3) is 0 Å². The molecule has 0 N–H and O–H groups in total. The first-order chi connectivity index (χ1) is 8.40. The summed E-state index contributed by atoms with van der Waals surface area (Å²) in [6.07, 6.45) is 0. The predicted molar refractivity (Wildman–Crippen MR) is 65.8 cm³/mol. The molecule has 0 atom stereocenters. The van der Waals surface area contributed by atoms with Gasteiger partial charge in [-0.15, -0.1) is 10.2 Å². The molecule has 0 fully saturated rings. The highest BCUT2D eigenvalue weighted by Crippen LogP contribution is 2.17. The summed E-state index contributed by atoms with van der Waals surface area (Å²) < 4.78 is 7.46. The van der Waals surface area contributed by atoms with Crippen molar-refractivity contribution in [2.75, 3.05) is 6.61 Å². The minimum atomic E-state index is 0.492. The minimum absolute atomic E-state index is 0.492. The number of nitrogens with zero attached hydrogens (tertiary/aromatic N) is 3. The molecule has 0 aliphatic heterocycles. The summed E-state index contributed by atoms with van der Waals surface area (Å²) in [7, 11) is 0. The van der Waals surface area contributed by atoms with Gasteiger partial charge in [-0.05, 0) is 30.5 Å². The standard InChI is InChI=1S/C13H13N3O/c1-2-17-9-13-15-14-12-8-7-10-5-3-4-6-11(10)16(12)13/h3-8H,2,9H2,1H3. The Morgan fingerprint density at radius 2 is 2.00 bits per heavy atom. The Balaban J connectivity index is 2.27. The fourth-order valence-electron chi connectivity index (χ4n) is 1.98. The van der Waals surface area contributed by atoms with E-state index in [2.05, 4.69) is 28.4 Å². The van der Waals surface area contributed by atoms with E-state index >= 15 is 0 Å². The maximum absolute atomic E-state index is 5.41. The fraction of sp³-hybridized carbons (Fsp3) is 0.231. The van der Waals surface area contributed by atoms with Crippen molar-refractivity contribution in [3.05, 3.63) is 42.2 Å². The van der Waals surface area contributed by atoms with Gasteiger partial charge in [0.15, 0.2) is 11.5 Å². The van der Waals surface area contributed by atoms with E-state index in [1.807, 2.05) is 29.5 Å². The van der Waals surface area contributed by atoms with Crippen molar-refractivity contribution in [2.24, 2.45) is 0 Å². The van der Waals surface area contributed by atoms with Crippen molar-refractivity contribution in [1.82, 2.24) is 14.6 Å². The third-order valence-electron chi connectivity index (χ3n) is 2.78. The van der Waals surface area contributed by atoms with E-state index in [4.69, 9.17) is 4.74 Å². The van der Waals surface area contributed by atoms with Crippen LogP contribution in [0.2, 0.25) is 0 Å². The molecule has 2 heterocycles. The highest BCUT2D eigenvalue weighted by Gasteiger charge is 2.07. The van der Waals surface area contributed by atoms with Crippen molar-refractivity contribution in [3.63, 3.8) is 0 Å². The smallest absolute Gasteiger partial charge is 0.163 e. The van der Waals surface area contributed by atoms with Crippen LogP contribution in [0.1, 0.15) is 12.7 Å². The van der Waals surface area contributed by atoms with Crippen LogP contribution in [0.3, 0.4) is 0 Å². The average Bonchev–Trinajstić information content (AvgIpc) is 2.80. The summed E-state index contributed by atoms with van der Waals surface area (Å²) in [5, 5.41) is 9.50. The van der Waals surface area contributed by atoms with Crippen molar-refractivity contribution in [2.45, 2.75) is 13.5 Å². The predicted octanol–water partition coefficient (Wildman–Crippen LogP) is 2.42. The summed E-state index contributed by atoms with van der Waals surface area (Å²) in [4.78, 5) is 0. The number of fused-ring (bicyclic) bond motifs is 3. The Bertz CT molecular complexity index is 660. The topological polar surface area (TPSA) is 39.4 Å². The molecule has 0 saturated carbocycles. The van der Waals surface area contributed by atoms with E-state index < -0.39 is 0 Å². The van der Waals surface area contributed by atoms with Gasteiger partial charge >= 0.3 is 0 Å². The zero-order valence-corrected chi connectivity index (χ0v) is 9.63. The lowest BCUT2D eigenvalue weighted by atomic mass is 10.2. The van der Waals surface area contributed by atoms with Crippen molar-refractivity contribution in [1.29, 1.82) is 0 Å². The van der Waals surface area contributed by atoms with E-state index in [1.165, 1.54) is 5.39 Å². The fourth-order valence-corrected chi connectivity index (χ4v) is 1.98. The Hall–Kier alpha value is -1.94. The molecule has 3 aromatic rings. The van der Waals surface area contributed by atoms with Crippen LogP contribution in [0.25, 0.3) is 16.6 Å². The maximum Gasteiger partial charge on any atom is 0.163 e. The Morgan fingerprint density at radius 1 is 1.12 bits per heavy atom. The van der Waals surface area contributed by atoms with Gasteiger partial charge in [-0.1, -0.05) is 18.2 Å².